The van der Waals surface area contributed by atoms with E-state index in [0.717, 1.165) is 25.9 Å². The molecule has 1 fully saturated rings. The Kier molecular flexibility index (Phi) is 7.42. The summed E-state index contributed by atoms with van der Waals surface area (Å²) in [7, 11) is 0. The summed E-state index contributed by atoms with van der Waals surface area (Å²) in [5.74, 6) is -0.0475. The van der Waals surface area contributed by atoms with Crippen molar-refractivity contribution in [3.8, 4) is 0 Å². The van der Waals surface area contributed by atoms with Crippen molar-refractivity contribution in [3.63, 3.8) is 0 Å². The molecule has 1 aromatic heterocycles. The summed E-state index contributed by atoms with van der Waals surface area (Å²) in [6.07, 6.45) is 3.53. The molecule has 0 radical (unpaired) electrons. The predicted molar refractivity (Wildman–Crippen MR) is 92.8 cm³/mol. The molecule has 1 aliphatic rings. The third-order valence-corrected chi connectivity index (χ3v) is 3.64. The Hall–Kier alpha value is -3.07. The number of carboxylic acid groups (broad SMARTS) is 1. The van der Waals surface area contributed by atoms with Gasteiger partial charge in [0.2, 0.25) is 0 Å². The summed E-state index contributed by atoms with van der Waals surface area (Å²) in [5.41, 5.74) is 5.66. The van der Waals surface area contributed by atoms with Crippen LogP contribution in [0.5, 0.6) is 0 Å². The lowest BCUT2D eigenvalue weighted by Crippen LogP contribution is -2.33. The molecule has 7 N–H and O–H groups in total. The first-order valence-corrected chi connectivity index (χ1v) is 7.65. The van der Waals surface area contributed by atoms with Gasteiger partial charge in [-0.25, -0.2) is 4.79 Å². The highest BCUT2D eigenvalue weighted by Crippen LogP contribution is 2.17. The van der Waals surface area contributed by atoms with Crippen LogP contribution in [0.4, 0.5) is 11.6 Å². The summed E-state index contributed by atoms with van der Waals surface area (Å²) in [4.78, 5) is 16.3. The number of aromatic nitrogens is 2. The molecule has 9 heteroatoms. The number of carbonyl (C=O) groups is 1. The third kappa shape index (κ3) is 5.50. The van der Waals surface area contributed by atoms with Crippen molar-refractivity contribution in [2.75, 3.05) is 23.7 Å². The zero-order chi connectivity index (χ0) is 17.5. The fourth-order valence-corrected chi connectivity index (χ4v) is 2.37. The molecular formula is C16H23N5O4. The fraction of sp³-hybridized carbons (Fsp3) is 0.312. The predicted octanol–water partition coefficient (Wildman–Crippen LogP) is 0.732. The van der Waals surface area contributed by atoms with E-state index in [9.17, 15) is 10.0 Å². The minimum atomic E-state index is -0.879. The first kappa shape index (κ1) is 20.0. The normalized spacial score (nSPS) is 13.2. The zero-order valence-electron chi connectivity index (χ0n) is 13.7. The fourth-order valence-electron chi connectivity index (χ4n) is 2.37. The van der Waals surface area contributed by atoms with Gasteiger partial charge in [-0.15, -0.1) is 4.73 Å². The zero-order valence-corrected chi connectivity index (χ0v) is 13.7. The molecule has 0 spiro atoms. The van der Waals surface area contributed by atoms with Gasteiger partial charge in [0, 0.05) is 19.2 Å². The largest absolute Gasteiger partial charge is 0.478 e. The molecule has 1 aliphatic heterocycles. The van der Waals surface area contributed by atoms with Crippen molar-refractivity contribution in [2.24, 2.45) is 0 Å². The van der Waals surface area contributed by atoms with Crippen LogP contribution in [0.3, 0.4) is 0 Å². The molecule has 0 saturated carbocycles. The number of anilines is 2. The van der Waals surface area contributed by atoms with Gasteiger partial charge < -0.3 is 26.4 Å². The number of nitrogens with zero attached hydrogens (tertiary/aromatic N) is 3. The molecule has 2 heterocycles. The molecule has 1 saturated heterocycles. The maximum Gasteiger partial charge on any atom is 0.335 e. The summed E-state index contributed by atoms with van der Waals surface area (Å²) < 4.78 is 0.577. The summed E-state index contributed by atoms with van der Waals surface area (Å²) in [6.45, 7) is 1.89. The Morgan fingerprint density at radius 3 is 2.24 bits per heavy atom. The average Bonchev–Trinajstić information content (AvgIpc) is 2.61. The number of nitrogens with two attached hydrogens (primary N) is 1. The van der Waals surface area contributed by atoms with Crippen molar-refractivity contribution in [2.45, 2.75) is 19.3 Å². The van der Waals surface area contributed by atoms with Crippen LogP contribution in [0.15, 0.2) is 36.4 Å². The number of piperidine rings is 1. The Morgan fingerprint density at radius 1 is 1.16 bits per heavy atom. The molecule has 9 nitrogen and oxygen atoms in total. The minimum absolute atomic E-state index is 0. The highest BCUT2D eigenvalue weighted by molar-refractivity contribution is 5.87. The number of hydrogen-bond donors (Lipinski definition) is 4. The van der Waals surface area contributed by atoms with Gasteiger partial charge in [-0.05, 0) is 31.4 Å². The van der Waals surface area contributed by atoms with Crippen molar-refractivity contribution in [1.82, 2.24) is 9.71 Å². The van der Waals surface area contributed by atoms with Gasteiger partial charge in [0.25, 0.3) is 5.62 Å². The van der Waals surface area contributed by atoms with Gasteiger partial charge >= 0.3 is 5.97 Å². The highest BCUT2D eigenvalue weighted by Gasteiger charge is 2.13. The van der Waals surface area contributed by atoms with Crippen LogP contribution in [-0.2, 0) is 0 Å². The van der Waals surface area contributed by atoms with Crippen LogP contribution in [0.2, 0.25) is 0 Å². The van der Waals surface area contributed by atoms with E-state index < -0.39 is 5.97 Å². The van der Waals surface area contributed by atoms with Crippen LogP contribution in [0.1, 0.15) is 29.6 Å². The van der Waals surface area contributed by atoms with Crippen LogP contribution < -0.4 is 16.3 Å². The van der Waals surface area contributed by atoms with Crippen molar-refractivity contribution < 1.29 is 20.6 Å². The van der Waals surface area contributed by atoms with Gasteiger partial charge in [0.05, 0.1) is 5.56 Å². The molecule has 0 aliphatic carbocycles. The summed E-state index contributed by atoms with van der Waals surface area (Å²) >= 11 is 0. The van der Waals surface area contributed by atoms with E-state index in [1.54, 1.807) is 36.4 Å². The summed E-state index contributed by atoms with van der Waals surface area (Å²) in [6, 6.07) is 9.90. The van der Waals surface area contributed by atoms with Crippen LogP contribution >= 0.6 is 0 Å². The van der Waals surface area contributed by atoms with E-state index in [1.807, 2.05) is 0 Å². The molecule has 25 heavy (non-hydrogen) atoms. The molecule has 3 rings (SSSR count). The number of aromatic carboxylic acids is 1. The minimum Gasteiger partial charge on any atom is -0.478 e. The Bertz CT molecular complexity index is 742. The first-order chi connectivity index (χ1) is 11.5. The maximum absolute atomic E-state index is 10.2. The van der Waals surface area contributed by atoms with E-state index in [1.165, 1.54) is 6.42 Å². The number of nitrogen functional groups attached to an aromatic ring is 1. The quantitative estimate of drug-likeness (QED) is 0.585. The topological polar surface area (TPSA) is 160 Å². The van der Waals surface area contributed by atoms with Crippen LogP contribution in [-0.4, -0.2) is 44.6 Å². The van der Waals surface area contributed by atoms with E-state index in [0.29, 0.717) is 16.1 Å². The smallest absolute Gasteiger partial charge is 0.335 e. The number of hydrogen-bond acceptors (Lipinski definition) is 6. The molecule has 0 atom stereocenters. The molecule has 136 valence electrons. The van der Waals surface area contributed by atoms with Gasteiger partial charge in [-0.1, -0.05) is 18.2 Å². The Morgan fingerprint density at radius 2 is 1.76 bits per heavy atom. The van der Waals surface area contributed by atoms with Crippen LogP contribution in [0.25, 0.3) is 0 Å². The SMILES string of the molecule is N=c1nc(N2CCCCC2)cc(N)n1O.O.O=C(O)c1ccccc1. The van der Waals surface area contributed by atoms with E-state index in [2.05, 4.69) is 9.88 Å². The standard InChI is InChI=1S/C9H15N5O.C7H6O2.H2O/c10-7-6-8(12-9(11)14(7)15)13-4-2-1-3-5-13;8-7(9)6-4-2-1-3-5-6;/h6,11,15H,1-5,10H2;1-5H,(H,8,9);1H2. The number of benzene rings is 1. The second-order valence-corrected chi connectivity index (χ2v) is 5.39. The van der Waals surface area contributed by atoms with Crippen molar-refractivity contribution >= 4 is 17.6 Å². The monoisotopic (exact) mass is 349 g/mol. The molecule has 0 unspecified atom stereocenters. The summed E-state index contributed by atoms with van der Waals surface area (Å²) in [5, 5.41) is 25.1. The Balaban J connectivity index is 0.000000270. The third-order valence-electron chi connectivity index (χ3n) is 3.64. The lowest BCUT2D eigenvalue weighted by atomic mass is 10.1. The molecule has 1 aromatic carbocycles. The molecular weight excluding hydrogens is 326 g/mol. The van der Waals surface area contributed by atoms with Gasteiger partial charge in [-0.2, -0.15) is 4.98 Å². The van der Waals surface area contributed by atoms with Crippen molar-refractivity contribution in [3.05, 3.63) is 47.6 Å². The number of carboxylic acids is 1. The van der Waals surface area contributed by atoms with E-state index in [4.69, 9.17) is 16.2 Å². The van der Waals surface area contributed by atoms with Crippen molar-refractivity contribution in [1.29, 1.82) is 5.41 Å². The highest BCUT2D eigenvalue weighted by atomic mass is 16.5. The second kappa shape index (κ2) is 9.28. The lowest BCUT2D eigenvalue weighted by Gasteiger charge is -2.27. The van der Waals surface area contributed by atoms with Gasteiger partial charge in [0.15, 0.2) is 0 Å². The Labute approximate surface area is 144 Å². The number of rotatable bonds is 2. The maximum atomic E-state index is 10.2. The number of nitrogens with one attached hydrogen (secondary N) is 1. The van der Waals surface area contributed by atoms with Crippen LogP contribution in [0, 0.1) is 5.41 Å². The van der Waals surface area contributed by atoms with Gasteiger partial charge in [-0.3, -0.25) is 5.41 Å². The first-order valence-electron chi connectivity index (χ1n) is 7.65. The van der Waals surface area contributed by atoms with E-state index in [-0.39, 0.29) is 16.9 Å². The lowest BCUT2D eigenvalue weighted by molar-refractivity contribution is 0.0697. The molecule has 0 bridgehead atoms. The molecule has 0 amide bonds. The van der Waals surface area contributed by atoms with E-state index >= 15 is 0 Å². The average molecular weight is 349 g/mol. The molecule has 2 aromatic rings. The van der Waals surface area contributed by atoms with Gasteiger partial charge in [0.1, 0.15) is 11.6 Å². The second-order valence-electron chi connectivity index (χ2n) is 5.39.